The van der Waals surface area contributed by atoms with Crippen molar-refractivity contribution in [2.24, 2.45) is 5.73 Å². The molecule has 1 saturated heterocycles. The molecule has 0 saturated carbocycles. The topological polar surface area (TPSA) is 99.2 Å². The van der Waals surface area contributed by atoms with Crippen LogP contribution >= 0.6 is 11.8 Å². The monoisotopic (exact) mass is 312 g/mol. The van der Waals surface area contributed by atoms with Gasteiger partial charge in [-0.05, 0) is 20.1 Å². The van der Waals surface area contributed by atoms with E-state index < -0.39 is 11.4 Å². The maximum atomic E-state index is 12.6. The zero-order chi connectivity index (χ0) is 15.6. The van der Waals surface area contributed by atoms with Crippen LogP contribution in [0.25, 0.3) is 0 Å². The van der Waals surface area contributed by atoms with Gasteiger partial charge in [0.15, 0.2) is 5.82 Å². The van der Waals surface area contributed by atoms with Crippen LogP contribution in [0.2, 0.25) is 0 Å². The lowest BCUT2D eigenvalue weighted by Crippen LogP contribution is -2.51. The van der Waals surface area contributed by atoms with Gasteiger partial charge < -0.3 is 20.4 Å². The lowest BCUT2D eigenvalue weighted by molar-refractivity contribution is -0.129. The molecule has 8 heteroatoms. The van der Waals surface area contributed by atoms with E-state index in [0.29, 0.717) is 13.2 Å². The second-order valence-electron chi connectivity index (χ2n) is 5.44. The number of amides is 2. The van der Waals surface area contributed by atoms with Gasteiger partial charge in [0.25, 0.3) is 5.91 Å². The maximum Gasteiger partial charge on any atom is 0.284 e. The molecule has 0 unspecified atom stereocenters. The molecular formula is C13H20N4O3S. The standard InChI is InChI=1S/C13H20N4O3S/c1-13(2,17-5-4-15-11(17)10(14)18)12(19)16-8-6-20-7-9(8)21-3/h4-5,8-9H,6-7H2,1-3H3,(H2,14,18)(H,16,19)/t8-,9-/m1/s1. The highest BCUT2D eigenvalue weighted by atomic mass is 32.2. The molecule has 0 radical (unpaired) electrons. The van der Waals surface area contributed by atoms with Crippen LogP contribution in [0.3, 0.4) is 0 Å². The molecule has 1 aliphatic rings. The molecule has 1 fully saturated rings. The van der Waals surface area contributed by atoms with Crippen molar-refractivity contribution < 1.29 is 14.3 Å². The smallest absolute Gasteiger partial charge is 0.284 e. The highest BCUT2D eigenvalue weighted by molar-refractivity contribution is 7.99. The van der Waals surface area contributed by atoms with E-state index >= 15 is 0 Å². The molecule has 7 nitrogen and oxygen atoms in total. The summed E-state index contributed by atoms with van der Waals surface area (Å²) in [4.78, 5) is 27.9. The largest absolute Gasteiger partial charge is 0.378 e. The van der Waals surface area contributed by atoms with Gasteiger partial charge in [-0.15, -0.1) is 0 Å². The molecule has 0 spiro atoms. The number of carbonyl (C=O) groups is 2. The third-order valence-corrected chi connectivity index (χ3v) is 4.74. The number of hydrogen-bond acceptors (Lipinski definition) is 5. The molecule has 0 aromatic carbocycles. The van der Waals surface area contributed by atoms with Crippen molar-refractivity contribution in [1.29, 1.82) is 0 Å². The Morgan fingerprint density at radius 2 is 2.24 bits per heavy atom. The van der Waals surface area contributed by atoms with Crippen LogP contribution < -0.4 is 11.1 Å². The Morgan fingerprint density at radius 3 is 2.86 bits per heavy atom. The first-order valence-corrected chi connectivity index (χ1v) is 7.92. The quantitative estimate of drug-likeness (QED) is 0.795. The molecule has 116 valence electrons. The van der Waals surface area contributed by atoms with Crippen molar-refractivity contribution in [1.82, 2.24) is 14.9 Å². The van der Waals surface area contributed by atoms with Crippen molar-refractivity contribution in [3.8, 4) is 0 Å². The van der Waals surface area contributed by atoms with Crippen LogP contribution in [-0.4, -0.2) is 52.1 Å². The summed E-state index contributed by atoms with van der Waals surface area (Å²) in [7, 11) is 0. The zero-order valence-electron chi connectivity index (χ0n) is 12.3. The summed E-state index contributed by atoms with van der Waals surface area (Å²) in [6.07, 6.45) is 5.03. The van der Waals surface area contributed by atoms with Gasteiger partial charge in [-0.1, -0.05) is 0 Å². The van der Waals surface area contributed by atoms with Gasteiger partial charge in [0.1, 0.15) is 5.54 Å². The summed E-state index contributed by atoms with van der Waals surface area (Å²) in [6, 6.07) is -0.0349. The molecule has 1 aliphatic heterocycles. The third kappa shape index (κ3) is 3.06. The van der Waals surface area contributed by atoms with Gasteiger partial charge in [0.05, 0.1) is 24.5 Å². The predicted molar refractivity (Wildman–Crippen MR) is 80.1 cm³/mol. The van der Waals surface area contributed by atoms with Crippen molar-refractivity contribution in [3.05, 3.63) is 18.2 Å². The molecular weight excluding hydrogens is 292 g/mol. The highest BCUT2D eigenvalue weighted by Gasteiger charge is 2.37. The fraction of sp³-hybridized carbons (Fsp3) is 0.615. The molecule has 2 rings (SSSR count). The first kappa shape index (κ1) is 15.8. The number of thioether (sulfide) groups is 1. The Labute approximate surface area is 127 Å². The number of aromatic nitrogens is 2. The summed E-state index contributed by atoms with van der Waals surface area (Å²) in [5.74, 6) is -0.788. The molecule has 0 bridgehead atoms. The van der Waals surface area contributed by atoms with Crippen molar-refractivity contribution >= 4 is 23.6 Å². The van der Waals surface area contributed by atoms with Gasteiger partial charge in [-0.2, -0.15) is 11.8 Å². The van der Waals surface area contributed by atoms with E-state index in [2.05, 4.69) is 10.3 Å². The summed E-state index contributed by atoms with van der Waals surface area (Å²) in [5, 5.41) is 3.23. The van der Waals surface area contributed by atoms with Crippen molar-refractivity contribution in [2.45, 2.75) is 30.7 Å². The molecule has 2 heterocycles. The number of nitrogens with zero attached hydrogens (tertiary/aromatic N) is 2. The molecule has 0 aliphatic carbocycles. The predicted octanol–water partition coefficient (Wildman–Crippen LogP) is -0.0363. The molecule has 2 atom stereocenters. The highest BCUT2D eigenvalue weighted by Crippen LogP contribution is 2.22. The first-order valence-electron chi connectivity index (χ1n) is 6.63. The van der Waals surface area contributed by atoms with E-state index in [1.54, 1.807) is 31.8 Å². The van der Waals surface area contributed by atoms with E-state index in [1.807, 2.05) is 6.26 Å². The minimum atomic E-state index is -0.966. The van der Waals surface area contributed by atoms with Gasteiger partial charge in [-0.25, -0.2) is 4.98 Å². The van der Waals surface area contributed by atoms with Crippen LogP contribution in [-0.2, 0) is 15.1 Å². The Bertz CT molecular complexity index is 543. The number of rotatable bonds is 5. The Kier molecular flexibility index (Phi) is 4.58. The molecule has 1 aromatic rings. The van der Waals surface area contributed by atoms with Crippen molar-refractivity contribution in [2.75, 3.05) is 19.5 Å². The third-order valence-electron chi connectivity index (χ3n) is 3.67. The zero-order valence-corrected chi connectivity index (χ0v) is 13.1. The van der Waals surface area contributed by atoms with Gasteiger partial charge in [0.2, 0.25) is 5.91 Å². The number of nitrogens with two attached hydrogens (primary N) is 1. The second-order valence-corrected chi connectivity index (χ2v) is 6.51. The number of hydrogen-bond donors (Lipinski definition) is 2. The maximum absolute atomic E-state index is 12.6. The molecule has 21 heavy (non-hydrogen) atoms. The van der Waals surface area contributed by atoms with Crippen LogP contribution in [0.4, 0.5) is 0 Å². The Balaban J connectivity index is 2.16. The molecule has 1 aromatic heterocycles. The fourth-order valence-corrected chi connectivity index (χ4v) is 3.00. The fourth-order valence-electron chi connectivity index (χ4n) is 2.29. The van der Waals surface area contributed by atoms with Crippen LogP contribution in [0.1, 0.15) is 24.5 Å². The molecule has 2 amide bonds. The number of imidazole rings is 1. The van der Waals surface area contributed by atoms with Crippen LogP contribution in [0.5, 0.6) is 0 Å². The summed E-state index contributed by atoms with van der Waals surface area (Å²) in [6.45, 7) is 4.57. The van der Waals surface area contributed by atoms with E-state index in [1.165, 1.54) is 10.8 Å². The lowest BCUT2D eigenvalue weighted by atomic mass is 10.0. The van der Waals surface area contributed by atoms with Crippen LogP contribution in [0, 0.1) is 0 Å². The number of nitrogens with one attached hydrogen (secondary N) is 1. The average molecular weight is 312 g/mol. The number of primary amides is 1. The number of ether oxygens (including phenoxy) is 1. The minimum Gasteiger partial charge on any atom is -0.378 e. The van der Waals surface area contributed by atoms with Gasteiger partial charge in [0, 0.05) is 12.4 Å². The Hall–Kier alpha value is -1.54. The average Bonchev–Trinajstić information content (AvgIpc) is 3.06. The van der Waals surface area contributed by atoms with Crippen LogP contribution in [0.15, 0.2) is 12.4 Å². The van der Waals surface area contributed by atoms with E-state index in [4.69, 9.17) is 10.5 Å². The summed E-state index contributed by atoms with van der Waals surface area (Å²) in [5.41, 5.74) is 4.32. The molecule has 3 N–H and O–H groups in total. The van der Waals surface area contributed by atoms with Crippen molar-refractivity contribution in [3.63, 3.8) is 0 Å². The normalized spacial score (nSPS) is 22.2. The SMILES string of the molecule is CS[C@@H]1COC[C@H]1NC(=O)C(C)(C)n1ccnc1C(N)=O. The van der Waals surface area contributed by atoms with E-state index in [-0.39, 0.29) is 23.0 Å². The number of carbonyl (C=O) groups excluding carboxylic acids is 2. The van der Waals surface area contributed by atoms with Gasteiger partial charge >= 0.3 is 0 Å². The second kappa shape index (κ2) is 6.07. The summed E-state index contributed by atoms with van der Waals surface area (Å²) >= 11 is 1.67. The van der Waals surface area contributed by atoms with E-state index in [0.717, 1.165) is 0 Å². The Morgan fingerprint density at radius 1 is 1.52 bits per heavy atom. The van der Waals surface area contributed by atoms with E-state index in [9.17, 15) is 9.59 Å². The summed E-state index contributed by atoms with van der Waals surface area (Å²) < 4.78 is 6.89. The first-order chi connectivity index (χ1) is 9.87. The lowest BCUT2D eigenvalue weighted by Gasteiger charge is -2.29. The minimum absolute atomic E-state index is 0.0349. The van der Waals surface area contributed by atoms with Gasteiger partial charge in [-0.3, -0.25) is 9.59 Å².